The molecule has 118 valence electrons. The van der Waals surface area contributed by atoms with Gasteiger partial charge in [-0.2, -0.15) is 0 Å². The number of carboxylic acids is 1. The molecule has 2 N–H and O–H groups in total. The molecular weight excluding hydrogens is 276 g/mol. The molecule has 1 heterocycles. The van der Waals surface area contributed by atoms with Gasteiger partial charge in [0.05, 0.1) is 13.0 Å². The van der Waals surface area contributed by atoms with Crippen LogP contribution < -0.4 is 5.32 Å². The van der Waals surface area contributed by atoms with Crippen LogP contribution >= 0.6 is 0 Å². The minimum Gasteiger partial charge on any atom is -0.480 e. The van der Waals surface area contributed by atoms with E-state index in [1.807, 2.05) is 0 Å². The number of aliphatic carboxylic acids is 1. The van der Waals surface area contributed by atoms with Gasteiger partial charge in [0.2, 0.25) is 0 Å². The summed E-state index contributed by atoms with van der Waals surface area (Å²) in [5.74, 6) is -1.61. The van der Waals surface area contributed by atoms with Gasteiger partial charge in [0, 0.05) is 13.1 Å². The lowest BCUT2D eigenvalue weighted by Gasteiger charge is -2.35. The molecule has 1 atom stereocenters. The Bertz CT molecular complexity index is 431. The third-order valence-corrected chi connectivity index (χ3v) is 4.47. The Labute approximate surface area is 123 Å². The number of carboxylic acid groups (broad SMARTS) is 1. The minimum atomic E-state index is -1.15. The van der Waals surface area contributed by atoms with E-state index in [2.05, 4.69) is 10.1 Å². The minimum absolute atomic E-state index is 0.286. The van der Waals surface area contributed by atoms with Crippen molar-refractivity contribution < 1.29 is 24.2 Å². The van der Waals surface area contributed by atoms with Gasteiger partial charge in [-0.3, -0.25) is 4.79 Å². The van der Waals surface area contributed by atoms with E-state index >= 15 is 0 Å². The second kappa shape index (κ2) is 6.32. The summed E-state index contributed by atoms with van der Waals surface area (Å²) < 4.78 is 4.68. The maximum absolute atomic E-state index is 12.3. The fraction of sp³-hybridized carbons (Fsp3) is 0.786. The Kier molecular flexibility index (Phi) is 4.69. The van der Waals surface area contributed by atoms with Crippen molar-refractivity contribution in [2.24, 2.45) is 5.92 Å². The molecule has 0 spiro atoms. The quantitative estimate of drug-likeness (QED) is 0.757. The standard InChI is InChI=1S/C14H22N2O5/c1-21-11(17)10-5-8-16(9-10)13(20)15-14(12(18)19)6-3-2-4-7-14/h10H,2-9H2,1H3,(H,15,20)(H,18,19). The molecule has 2 rings (SSSR count). The molecule has 21 heavy (non-hydrogen) atoms. The van der Waals surface area contributed by atoms with Crippen molar-refractivity contribution in [3.63, 3.8) is 0 Å². The summed E-state index contributed by atoms with van der Waals surface area (Å²) in [6.07, 6.45) is 4.08. The first-order valence-electron chi connectivity index (χ1n) is 7.37. The Morgan fingerprint density at radius 1 is 1.24 bits per heavy atom. The van der Waals surface area contributed by atoms with Crippen LogP contribution in [0.3, 0.4) is 0 Å². The number of ether oxygens (including phenoxy) is 1. The van der Waals surface area contributed by atoms with Crippen molar-refractivity contribution in [3.8, 4) is 0 Å². The third kappa shape index (κ3) is 3.28. The van der Waals surface area contributed by atoms with Gasteiger partial charge in [0.1, 0.15) is 5.54 Å². The maximum Gasteiger partial charge on any atom is 0.329 e. The molecule has 7 heteroatoms. The van der Waals surface area contributed by atoms with Gasteiger partial charge in [-0.15, -0.1) is 0 Å². The third-order valence-electron chi connectivity index (χ3n) is 4.47. The molecule has 0 aromatic rings. The fourth-order valence-electron chi connectivity index (χ4n) is 3.14. The van der Waals surface area contributed by atoms with Crippen LogP contribution in [0, 0.1) is 5.92 Å². The molecule has 0 aromatic heterocycles. The summed E-state index contributed by atoms with van der Waals surface area (Å²) in [6, 6.07) is -0.397. The summed E-state index contributed by atoms with van der Waals surface area (Å²) in [4.78, 5) is 36.8. The van der Waals surface area contributed by atoms with Crippen molar-refractivity contribution in [3.05, 3.63) is 0 Å². The predicted molar refractivity (Wildman–Crippen MR) is 73.7 cm³/mol. The molecule has 2 fully saturated rings. The van der Waals surface area contributed by atoms with E-state index in [0.717, 1.165) is 19.3 Å². The van der Waals surface area contributed by atoms with E-state index in [0.29, 0.717) is 25.8 Å². The second-order valence-electron chi connectivity index (χ2n) is 5.83. The first-order valence-corrected chi connectivity index (χ1v) is 7.37. The molecule has 0 aromatic carbocycles. The van der Waals surface area contributed by atoms with E-state index in [9.17, 15) is 19.5 Å². The van der Waals surface area contributed by atoms with Gasteiger partial charge in [-0.25, -0.2) is 9.59 Å². The number of hydrogen-bond donors (Lipinski definition) is 2. The lowest BCUT2D eigenvalue weighted by Crippen LogP contribution is -2.58. The highest BCUT2D eigenvalue weighted by Crippen LogP contribution is 2.29. The number of esters is 1. The number of amides is 2. The number of nitrogens with zero attached hydrogens (tertiary/aromatic N) is 1. The average molecular weight is 298 g/mol. The molecule has 0 bridgehead atoms. The summed E-state index contributed by atoms with van der Waals surface area (Å²) in [5, 5.41) is 12.1. The van der Waals surface area contributed by atoms with Crippen LogP contribution in [0.1, 0.15) is 38.5 Å². The highest BCUT2D eigenvalue weighted by molar-refractivity contribution is 5.87. The van der Waals surface area contributed by atoms with Crippen LogP contribution in [0.25, 0.3) is 0 Å². The van der Waals surface area contributed by atoms with Gasteiger partial charge in [-0.05, 0) is 19.3 Å². The van der Waals surface area contributed by atoms with Crippen molar-refractivity contribution in [1.29, 1.82) is 0 Å². The van der Waals surface area contributed by atoms with Gasteiger partial charge in [-0.1, -0.05) is 19.3 Å². The number of urea groups is 1. The smallest absolute Gasteiger partial charge is 0.329 e. The van der Waals surface area contributed by atoms with Crippen molar-refractivity contribution in [2.75, 3.05) is 20.2 Å². The molecule has 2 aliphatic rings. The van der Waals surface area contributed by atoms with Gasteiger partial charge in [0.25, 0.3) is 0 Å². The number of nitrogens with one attached hydrogen (secondary N) is 1. The second-order valence-corrected chi connectivity index (χ2v) is 5.83. The Balaban J connectivity index is 1.97. The number of rotatable bonds is 3. The monoisotopic (exact) mass is 298 g/mol. The number of carbonyl (C=O) groups is 3. The van der Waals surface area contributed by atoms with Crippen molar-refractivity contribution in [1.82, 2.24) is 10.2 Å². The molecule has 1 saturated carbocycles. The van der Waals surface area contributed by atoms with Crippen LogP contribution in [0.15, 0.2) is 0 Å². The zero-order valence-corrected chi connectivity index (χ0v) is 12.3. The highest BCUT2D eigenvalue weighted by Gasteiger charge is 2.43. The Morgan fingerprint density at radius 3 is 2.48 bits per heavy atom. The van der Waals surface area contributed by atoms with Gasteiger partial charge < -0.3 is 20.1 Å². The lowest BCUT2D eigenvalue weighted by atomic mass is 9.82. The van der Waals surface area contributed by atoms with Crippen LogP contribution in [0.5, 0.6) is 0 Å². The Hall–Kier alpha value is -1.79. The molecule has 1 saturated heterocycles. The number of hydrogen-bond acceptors (Lipinski definition) is 4. The number of likely N-dealkylation sites (tertiary alicyclic amines) is 1. The highest BCUT2D eigenvalue weighted by atomic mass is 16.5. The largest absolute Gasteiger partial charge is 0.480 e. The molecule has 7 nitrogen and oxygen atoms in total. The molecular formula is C14H22N2O5. The van der Waals surface area contributed by atoms with E-state index in [1.54, 1.807) is 0 Å². The van der Waals surface area contributed by atoms with E-state index in [1.165, 1.54) is 12.0 Å². The first kappa shape index (κ1) is 15.6. The molecule has 0 radical (unpaired) electrons. The van der Waals surface area contributed by atoms with Crippen molar-refractivity contribution in [2.45, 2.75) is 44.1 Å². The lowest BCUT2D eigenvalue weighted by molar-refractivity contribution is -0.146. The zero-order valence-electron chi connectivity index (χ0n) is 12.3. The van der Waals surface area contributed by atoms with E-state index < -0.39 is 17.5 Å². The predicted octanol–water partition coefficient (Wildman–Crippen LogP) is 0.978. The van der Waals surface area contributed by atoms with Crippen LogP contribution in [0.4, 0.5) is 4.79 Å². The molecule has 1 aliphatic heterocycles. The maximum atomic E-state index is 12.3. The van der Waals surface area contributed by atoms with Crippen LogP contribution in [-0.2, 0) is 14.3 Å². The normalized spacial score (nSPS) is 24.4. The number of carbonyl (C=O) groups excluding carboxylic acids is 2. The summed E-state index contributed by atoms with van der Waals surface area (Å²) in [7, 11) is 1.33. The SMILES string of the molecule is COC(=O)C1CCN(C(=O)NC2(C(=O)O)CCCCC2)C1. The van der Waals surface area contributed by atoms with Gasteiger partial charge >= 0.3 is 18.0 Å². The van der Waals surface area contributed by atoms with E-state index in [4.69, 9.17) is 0 Å². The number of methoxy groups -OCH3 is 1. The van der Waals surface area contributed by atoms with Crippen LogP contribution in [-0.4, -0.2) is 53.7 Å². The topological polar surface area (TPSA) is 95.9 Å². The summed E-state index contributed by atoms with van der Waals surface area (Å²) >= 11 is 0. The van der Waals surface area contributed by atoms with Gasteiger partial charge in [0.15, 0.2) is 0 Å². The fourth-order valence-corrected chi connectivity index (χ4v) is 3.14. The average Bonchev–Trinajstić information content (AvgIpc) is 2.97. The van der Waals surface area contributed by atoms with Crippen LogP contribution in [0.2, 0.25) is 0 Å². The summed E-state index contributed by atoms with van der Waals surface area (Å²) in [6.45, 7) is 0.732. The molecule has 1 unspecified atom stereocenters. The Morgan fingerprint density at radius 2 is 1.90 bits per heavy atom. The zero-order chi connectivity index (χ0) is 15.5. The molecule has 2 amide bonds. The summed E-state index contributed by atoms with van der Waals surface area (Å²) in [5.41, 5.74) is -1.15. The molecule has 1 aliphatic carbocycles. The van der Waals surface area contributed by atoms with E-state index in [-0.39, 0.29) is 18.4 Å². The first-order chi connectivity index (χ1) is 9.98. The van der Waals surface area contributed by atoms with Crippen molar-refractivity contribution >= 4 is 18.0 Å².